The van der Waals surface area contributed by atoms with E-state index in [2.05, 4.69) is 13.0 Å². The van der Waals surface area contributed by atoms with Crippen molar-refractivity contribution in [1.29, 1.82) is 0 Å². The molecule has 0 spiro atoms. The maximum atomic E-state index is 11.4. The second-order valence-corrected chi connectivity index (χ2v) is 5.76. The van der Waals surface area contributed by atoms with Gasteiger partial charge in [-0.3, -0.25) is 4.79 Å². The highest BCUT2D eigenvalue weighted by Crippen LogP contribution is 2.33. The fraction of sp³-hybridized carbons (Fsp3) is 0.545. The molecule has 76 valence electrons. The third-order valence-corrected chi connectivity index (χ3v) is 4.32. The summed E-state index contributed by atoms with van der Waals surface area (Å²) >= 11 is 7.49. The highest BCUT2D eigenvalue weighted by Gasteiger charge is 2.30. The smallest absolute Gasteiger partial charge is 0.136 e. The Balaban J connectivity index is 2.02. The molecule has 14 heavy (non-hydrogen) atoms. The Morgan fingerprint density at radius 2 is 2.36 bits per heavy atom. The highest BCUT2D eigenvalue weighted by molar-refractivity contribution is 7.16. The highest BCUT2D eigenvalue weighted by atomic mass is 35.5. The van der Waals surface area contributed by atoms with Gasteiger partial charge in [-0.25, -0.2) is 0 Å². The Morgan fingerprint density at radius 3 is 2.86 bits per heavy atom. The SMILES string of the molecule is CC1C(=O)CCC1Cc1ccc(Cl)s1. The summed E-state index contributed by atoms with van der Waals surface area (Å²) in [6.07, 6.45) is 2.84. The van der Waals surface area contributed by atoms with Crippen LogP contribution in [0.25, 0.3) is 0 Å². The second kappa shape index (κ2) is 4.03. The first kappa shape index (κ1) is 10.2. The molecule has 2 atom stereocenters. The Labute approximate surface area is 93.1 Å². The topological polar surface area (TPSA) is 17.1 Å². The van der Waals surface area contributed by atoms with Crippen LogP contribution in [-0.4, -0.2) is 5.78 Å². The molecule has 0 N–H and O–H groups in total. The van der Waals surface area contributed by atoms with E-state index in [9.17, 15) is 4.79 Å². The van der Waals surface area contributed by atoms with Crippen LogP contribution in [0.1, 0.15) is 24.6 Å². The number of rotatable bonds is 2. The lowest BCUT2D eigenvalue weighted by atomic mass is 9.94. The van der Waals surface area contributed by atoms with Gasteiger partial charge in [0.15, 0.2) is 0 Å². The van der Waals surface area contributed by atoms with Gasteiger partial charge in [0.25, 0.3) is 0 Å². The number of halogens is 1. The minimum absolute atomic E-state index is 0.246. The lowest BCUT2D eigenvalue weighted by Crippen LogP contribution is -2.12. The van der Waals surface area contributed by atoms with Crippen LogP contribution in [0.4, 0.5) is 0 Å². The zero-order valence-electron chi connectivity index (χ0n) is 8.13. The van der Waals surface area contributed by atoms with Gasteiger partial charge in [-0.05, 0) is 30.9 Å². The van der Waals surface area contributed by atoms with Gasteiger partial charge in [0.2, 0.25) is 0 Å². The summed E-state index contributed by atoms with van der Waals surface area (Å²) < 4.78 is 0.844. The first-order valence-corrected chi connectivity index (χ1v) is 6.13. The van der Waals surface area contributed by atoms with E-state index in [4.69, 9.17) is 11.6 Å². The number of Topliss-reactive ketones (excluding diaryl/α,β-unsaturated/α-hetero) is 1. The van der Waals surface area contributed by atoms with Crippen molar-refractivity contribution in [2.75, 3.05) is 0 Å². The predicted molar refractivity (Wildman–Crippen MR) is 59.9 cm³/mol. The van der Waals surface area contributed by atoms with E-state index in [1.807, 2.05) is 6.07 Å². The molecule has 2 rings (SSSR count). The Kier molecular flexibility index (Phi) is 2.93. The summed E-state index contributed by atoms with van der Waals surface area (Å²) in [6, 6.07) is 4.01. The molecular formula is C11H13ClOS. The van der Waals surface area contributed by atoms with Gasteiger partial charge in [-0.2, -0.15) is 0 Å². The third-order valence-electron chi connectivity index (χ3n) is 3.07. The molecule has 0 saturated heterocycles. The van der Waals surface area contributed by atoms with E-state index < -0.39 is 0 Å². The van der Waals surface area contributed by atoms with Crippen molar-refractivity contribution in [3.8, 4) is 0 Å². The van der Waals surface area contributed by atoms with Crippen LogP contribution >= 0.6 is 22.9 Å². The summed E-state index contributed by atoms with van der Waals surface area (Å²) in [7, 11) is 0. The van der Waals surface area contributed by atoms with E-state index in [-0.39, 0.29) is 5.92 Å². The lowest BCUT2D eigenvalue weighted by molar-refractivity contribution is -0.120. The van der Waals surface area contributed by atoms with E-state index in [0.29, 0.717) is 11.7 Å². The normalized spacial score (nSPS) is 27.1. The maximum absolute atomic E-state index is 11.4. The minimum Gasteiger partial charge on any atom is -0.299 e. The molecule has 3 heteroatoms. The van der Waals surface area contributed by atoms with Gasteiger partial charge >= 0.3 is 0 Å². The molecule has 1 aliphatic rings. The van der Waals surface area contributed by atoms with Gasteiger partial charge in [0, 0.05) is 17.2 Å². The molecule has 0 bridgehead atoms. The molecule has 0 aliphatic heterocycles. The second-order valence-electron chi connectivity index (χ2n) is 3.96. The number of carbonyl (C=O) groups is 1. The quantitative estimate of drug-likeness (QED) is 0.757. The monoisotopic (exact) mass is 228 g/mol. The minimum atomic E-state index is 0.246. The van der Waals surface area contributed by atoms with E-state index in [1.165, 1.54) is 4.88 Å². The van der Waals surface area contributed by atoms with Gasteiger partial charge in [0.05, 0.1) is 4.34 Å². The molecule has 1 saturated carbocycles. The molecule has 1 nitrogen and oxygen atoms in total. The summed E-state index contributed by atoms with van der Waals surface area (Å²) in [6.45, 7) is 2.05. The molecule has 1 aliphatic carbocycles. The number of hydrogen-bond acceptors (Lipinski definition) is 2. The van der Waals surface area contributed by atoms with Crippen molar-refractivity contribution in [3.63, 3.8) is 0 Å². The van der Waals surface area contributed by atoms with Crippen molar-refractivity contribution in [1.82, 2.24) is 0 Å². The van der Waals surface area contributed by atoms with Crippen molar-refractivity contribution in [2.24, 2.45) is 11.8 Å². The van der Waals surface area contributed by atoms with Crippen LogP contribution in [0.15, 0.2) is 12.1 Å². The zero-order valence-corrected chi connectivity index (χ0v) is 9.70. The van der Waals surface area contributed by atoms with Gasteiger partial charge in [0.1, 0.15) is 5.78 Å². The molecule has 0 amide bonds. The maximum Gasteiger partial charge on any atom is 0.136 e. The Bertz CT molecular complexity index is 345. The van der Waals surface area contributed by atoms with Crippen molar-refractivity contribution < 1.29 is 4.79 Å². The molecule has 1 aromatic rings. The third kappa shape index (κ3) is 2.01. The number of ketones is 1. The van der Waals surface area contributed by atoms with E-state index in [0.717, 1.165) is 23.6 Å². The van der Waals surface area contributed by atoms with E-state index >= 15 is 0 Å². The summed E-state index contributed by atoms with van der Waals surface area (Å²) in [5.74, 6) is 1.21. The van der Waals surface area contributed by atoms with Crippen LogP contribution in [0.3, 0.4) is 0 Å². The molecule has 1 heterocycles. The summed E-state index contributed by atoms with van der Waals surface area (Å²) in [5.41, 5.74) is 0. The molecule has 0 aromatic carbocycles. The standard InChI is InChI=1S/C11H13ClOS/c1-7-8(2-4-10(7)13)6-9-3-5-11(12)14-9/h3,5,7-8H,2,4,6H2,1H3. The molecule has 1 aromatic heterocycles. The fourth-order valence-electron chi connectivity index (χ4n) is 2.07. The van der Waals surface area contributed by atoms with Crippen LogP contribution < -0.4 is 0 Å². The van der Waals surface area contributed by atoms with Gasteiger partial charge in [-0.15, -0.1) is 11.3 Å². The van der Waals surface area contributed by atoms with Gasteiger partial charge < -0.3 is 0 Å². The van der Waals surface area contributed by atoms with Gasteiger partial charge in [-0.1, -0.05) is 18.5 Å². The van der Waals surface area contributed by atoms with Crippen LogP contribution in [0.2, 0.25) is 4.34 Å². The molecular weight excluding hydrogens is 216 g/mol. The Hall–Kier alpha value is -0.340. The van der Waals surface area contributed by atoms with E-state index in [1.54, 1.807) is 11.3 Å². The van der Waals surface area contributed by atoms with Crippen LogP contribution in [0, 0.1) is 11.8 Å². The first-order valence-electron chi connectivity index (χ1n) is 4.94. The Morgan fingerprint density at radius 1 is 1.57 bits per heavy atom. The average molecular weight is 229 g/mol. The number of hydrogen-bond donors (Lipinski definition) is 0. The predicted octanol–water partition coefficient (Wildman–Crippen LogP) is 3.56. The van der Waals surface area contributed by atoms with Crippen molar-refractivity contribution in [3.05, 3.63) is 21.3 Å². The van der Waals surface area contributed by atoms with Crippen molar-refractivity contribution in [2.45, 2.75) is 26.2 Å². The summed E-state index contributed by atoms with van der Waals surface area (Å²) in [4.78, 5) is 12.7. The molecule has 1 fully saturated rings. The molecule has 2 unspecified atom stereocenters. The largest absolute Gasteiger partial charge is 0.299 e. The first-order chi connectivity index (χ1) is 6.66. The van der Waals surface area contributed by atoms with Crippen LogP contribution in [0.5, 0.6) is 0 Å². The molecule has 0 radical (unpaired) electrons. The lowest BCUT2D eigenvalue weighted by Gasteiger charge is -2.11. The average Bonchev–Trinajstić information content (AvgIpc) is 2.67. The van der Waals surface area contributed by atoms with Crippen molar-refractivity contribution >= 4 is 28.7 Å². The zero-order chi connectivity index (χ0) is 10.1. The van der Waals surface area contributed by atoms with Crippen LogP contribution in [-0.2, 0) is 11.2 Å². The number of carbonyl (C=O) groups excluding carboxylic acids is 1. The summed E-state index contributed by atoms with van der Waals surface area (Å²) in [5, 5.41) is 0. The fourth-order valence-corrected chi connectivity index (χ4v) is 3.25. The number of thiophene rings is 1.